The zero-order valence-electron chi connectivity index (χ0n) is 11.1. The van der Waals surface area contributed by atoms with Crippen molar-refractivity contribution in [3.63, 3.8) is 0 Å². The second-order valence-corrected chi connectivity index (χ2v) is 7.65. The van der Waals surface area contributed by atoms with E-state index in [1.807, 2.05) is 0 Å². The summed E-state index contributed by atoms with van der Waals surface area (Å²) >= 11 is 0.820. The molecule has 0 radical (unpaired) electrons. The number of halogens is 2. The number of aromatic nitrogens is 2. The van der Waals surface area contributed by atoms with E-state index in [0.717, 1.165) is 17.6 Å². The van der Waals surface area contributed by atoms with E-state index in [1.54, 1.807) is 0 Å². The summed E-state index contributed by atoms with van der Waals surface area (Å²) in [5, 5.41) is 9.60. The molecular weight excluding hydrogens is 326 g/mol. The highest BCUT2D eigenvalue weighted by Gasteiger charge is 2.39. The molecule has 0 saturated heterocycles. The number of nitrogens with zero attached hydrogens (tertiary/aromatic N) is 2. The number of hydrogen-bond acceptors (Lipinski definition) is 6. The molecule has 0 aliphatic heterocycles. The number of hydrogen-bond donors (Lipinski definition) is 2. The zero-order chi connectivity index (χ0) is 15.7. The minimum Gasteiger partial charge on any atom is -0.300 e. The molecule has 1 aliphatic rings. The van der Waals surface area contributed by atoms with E-state index >= 15 is 0 Å². The molecule has 1 unspecified atom stereocenters. The van der Waals surface area contributed by atoms with Gasteiger partial charge in [0.15, 0.2) is 0 Å². The topological polar surface area (TPSA) is 101 Å². The predicted molar refractivity (Wildman–Crippen MR) is 73.9 cm³/mol. The summed E-state index contributed by atoms with van der Waals surface area (Å²) in [5.41, 5.74) is 0. The Kier molecular flexibility index (Phi) is 4.42. The van der Waals surface area contributed by atoms with Gasteiger partial charge in [-0.1, -0.05) is 11.3 Å². The van der Waals surface area contributed by atoms with E-state index in [4.69, 9.17) is 0 Å². The molecule has 1 saturated carbocycles. The Bertz CT molecular complexity index is 632. The Labute approximate surface area is 124 Å². The van der Waals surface area contributed by atoms with E-state index in [2.05, 4.69) is 20.2 Å². The highest BCUT2D eigenvalue weighted by atomic mass is 32.2. The molecule has 2 N–H and O–H groups in total. The van der Waals surface area contributed by atoms with Crippen molar-refractivity contribution in [2.45, 2.75) is 31.6 Å². The number of amides is 1. The van der Waals surface area contributed by atoms with Crippen molar-refractivity contribution in [1.82, 2.24) is 10.2 Å². The number of carbonyl (C=O) groups excluding carboxylic acids is 1. The van der Waals surface area contributed by atoms with Crippen molar-refractivity contribution in [1.29, 1.82) is 0 Å². The van der Waals surface area contributed by atoms with Gasteiger partial charge in [0, 0.05) is 18.8 Å². The summed E-state index contributed by atoms with van der Waals surface area (Å²) in [6.07, 6.45) is 0.970. The van der Waals surface area contributed by atoms with Gasteiger partial charge in [0.1, 0.15) is 0 Å². The molecule has 118 valence electrons. The monoisotopic (exact) mass is 340 g/mol. The quantitative estimate of drug-likeness (QED) is 0.868. The van der Waals surface area contributed by atoms with Crippen LogP contribution >= 0.6 is 11.3 Å². The first-order chi connectivity index (χ1) is 9.65. The molecule has 2 rings (SSSR count). The summed E-state index contributed by atoms with van der Waals surface area (Å²) in [6, 6.07) is 0. The van der Waals surface area contributed by atoms with Crippen LogP contribution in [0.15, 0.2) is 0 Å². The van der Waals surface area contributed by atoms with Gasteiger partial charge < -0.3 is 5.32 Å². The highest BCUT2D eigenvalue weighted by molar-refractivity contribution is 7.92. The molecule has 1 amide bonds. The maximum Gasteiger partial charge on any atom is 0.248 e. The zero-order valence-corrected chi connectivity index (χ0v) is 12.7. The molecule has 1 aromatic rings. The maximum atomic E-state index is 13.3. The lowest BCUT2D eigenvalue weighted by molar-refractivity contribution is -0.127. The number of sulfonamides is 1. The fourth-order valence-corrected chi connectivity index (χ4v) is 3.55. The lowest BCUT2D eigenvalue weighted by Gasteiger charge is -2.27. The second-order valence-electron chi connectivity index (χ2n) is 4.93. The SMILES string of the molecule is CS(=O)(=O)Nc1nnc(NC(=O)C2CCCC(F)(F)C2)s1. The van der Waals surface area contributed by atoms with E-state index < -0.39 is 34.2 Å². The molecule has 21 heavy (non-hydrogen) atoms. The Hall–Kier alpha value is -1.36. The van der Waals surface area contributed by atoms with Gasteiger partial charge in [-0.3, -0.25) is 9.52 Å². The minimum absolute atomic E-state index is 0.00164. The summed E-state index contributed by atoms with van der Waals surface area (Å²) in [4.78, 5) is 11.9. The number of nitrogens with one attached hydrogen (secondary N) is 2. The normalized spacial score (nSPS) is 21.8. The second kappa shape index (κ2) is 5.79. The van der Waals surface area contributed by atoms with Gasteiger partial charge in [-0.2, -0.15) is 0 Å². The van der Waals surface area contributed by atoms with Gasteiger partial charge >= 0.3 is 0 Å². The maximum absolute atomic E-state index is 13.3. The van der Waals surface area contributed by atoms with Crippen molar-refractivity contribution in [2.75, 3.05) is 16.3 Å². The fourth-order valence-electron chi connectivity index (χ4n) is 2.08. The molecule has 1 aliphatic carbocycles. The summed E-state index contributed by atoms with van der Waals surface area (Å²) in [6.45, 7) is 0. The number of rotatable bonds is 4. The molecule has 1 atom stereocenters. The largest absolute Gasteiger partial charge is 0.300 e. The third-order valence-electron chi connectivity index (χ3n) is 2.94. The van der Waals surface area contributed by atoms with Crippen molar-refractivity contribution >= 4 is 37.5 Å². The first kappa shape index (κ1) is 16.0. The smallest absolute Gasteiger partial charge is 0.248 e. The number of alkyl halides is 2. The average molecular weight is 340 g/mol. The van der Waals surface area contributed by atoms with Crippen LogP contribution in [0, 0.1) is 5.92 Å². The van der Waals surface area contributed by atoms with E-state index in [9.17, 15) is 22.0 Å². The van der Waals surface area contributed by atoms with Crippen LogP contribution in [0.3, 0.4) is 0 Å². The lowest BCUT2D eigenvalue weighted by Crippen LogP contribution is -2.33. The fraction of sp³-hybridized carbons (Fsp3) is 0.700. The van der Waals surface area contributed by atoms with Crippen LogP contribution in [0.25, 0.3) is 0 Å². The lowest BCUT2D eigenvalue weighted by atomic mass is 9.86. The van der Waals surface area contributed by atoms with Crippen LogP contribution in [0.2, 0.25) is 0 Å². The molecule has 11 heteroatoms. The van der Waals surface area contributed by atoms with Crippen LogP contribution in [-0.2, 0) is 14.8 Å². The summed E-state index contributed by atoms with van der Waals surface area (Å²) < 4.78 is 50.7. The number of anilines is 2. The van der Waals surface area contributed by atoms with Gasteiger partial charge in [-0.15, -0.1) is 10.2 Å². The Balaban J connectivity index is 1.97. The third-order valence-corrected chi connectivity index (χ3v) is 4.39. The molecule has 1 heterocycles. The van der Waals surface area contributed by atoms with Crippen LogP contribution in [0.5, 0.6) is 0 Å². The number of carbonyl (C=O) groups is 1. The molecule has 1 fully saturated rings. The summed E-state index contributed by atoms with van der Waals surface area (Å²) in [7, 11) is -3.48. The average Bonchev–Trinajstić information content (AvgIpc) is 2.72. The van der Waals surface area contributed by atoms with E-state index in [0.29, 0.717) is 12.8 Å². The first-order valence-corrected chi connectivity index (χ1v) is 8.85. The van der Waals surface area contributed by atoms with Gasteiger partial charge in [0.2, 0.25) is 32.1 Å². The highest BCUT2D eigenvalue weighted by Crippen LogP contribution is 2.37. The van der Waals surface area contributed by atoms with Crippen molar-refractivity contribution in [3.05, 3.63) is 0 Å². The van der Waals surface area contributed by atoms with Crippen LogP contribution in [-0.4, -0.2) is 36.7 Å². The predicted octanol–water partition coefficient (Wildman–Crippen LogP) is 1.67. The molecule has 0 spiro atoms. The van der Waals surface area contributed by atoms with Crippen LogP contribution < -0.4 is 10.0 Å². The summed E-state index contributed by atoms with van der Waals surface area (Å²) in [5.74, 6) is -4.13. The van der Waals surface area contributed by atoms with Gasteiger partial charge in [0.25, 0.3) is 0 Å². The minimum atomic E-state index is -3.48. The van der Waals surface area contributed by atoms with E-state index in [1.165, 1.54) is 0 Å². The molecule has 0 bridgehead atoms. The Morgan fingerprint density at radius 2 is 2.05 bits per heavy atom. The van der Waals surface area contributed by atoms with Crippen molar-refractivity contribution < 1.29 is 22.0 Å². The van der Waals surface area contributed by atoms with Gasteiger partial charge in [0.05, 0.1) is 6.26 Å². The first-order valence-electron chi connectivity index (χ1n) is 6.15. The van der Waals surface area contributed by atoms with Crippen LogP contribution in [0.4, 0.5) is 19.0 Å². The molecule has 1 aromatic heterocycles. The molecule has 0 aromatic carbocycles. The van der Waals surface area contributed by atoms with Gasteiger partial charge in [-0.05, 0) is 12.8 Å². The van der Waals surface area contributed by atoms with Crippen molar-refractivity contribution in [3.8, 4) is 0 Å². The van der Waals surface area contributed by atoms with Gasteiger partial charge in [-0.25, -0.2) is 17.2 Å². The standard InChI is InChI=1S/C10H14F2N4O3S2/c1-21(18,19)16-9-15-14-8(20-9)13-7(17)6-3-2-4-10(11,12)5-6/h6H,2-5H2,1H3,(H,15,16)(H,13,14,17). The Morgan fingerprint density at radius 3 is 2.67 bits per heavy atom. The molecular formula is C10H14F2N4O3S2. The Morgan fingerprint density at radius 1 is 1.38 bits per heavy atom. The van der Waals surface area contributed by atoms with E-state index in [-0.39, 0.29) is 16.7 Å². The third kappa shape index (κ3) is 4.84. The van der Waals surface area contributed by atoms with Crippen molar-refractivity contribution in [2.24, 2.45) is 5.92 Å². The molecule has 7 nitrogen and oxygen atoms in total. The van der Waals surface area contributed by atoms with Crippen LogP contribution in [0.1, 0.15) is 25.7 Å².